The lowest BCUT2D eigenvalue weighted by Gasteiger charge is -2.19. The summed E-state index contributed by atoms with van der Waals surface area (Å²) in [6.45, 7) is 1.94. The Balaban J connectivity index is 1.72. The molecule has 0 spiro atoms. The van der Waals surface area contributed by atoms with Crippen LogP contribution in [0.15, 0.2) is 48.5 Å². The van der Waals surface area contributed by atoms with Crippen LogP contribution in [-0.2, 0) is 14.3 Å². The van der Waals surface area contributed by atoms with Crippen LogP contribution < -0.4 is 10.1 Å². The number of rotatable bonds is 8. The maximum Gasteiger partial charge on any atom is 0.306 e. The first-order chi connectivity index (χ1) is 14.1. The molecular weight excluding hydrogens is 366 g/mol. The van der Waals surface area contributed by atoms with E-state index in [1.165, 1.54) is 25.7 Å². The minimum absolute atomic E-state index is 0.336. The Morgan fingerprint density at radius 2 is 1.83 bits per heavy atom. The zero-order chi connectivity index (χ0) is 20.6. The van der Waals surface area contributed by atoms with E-state index in [9.17, 15) is 9.59 Å². The highest BCUT2D eigenvalue weighted by atomic mass is 16.5. The Hall–Kier alpha value is -2.82. The van der Waals surface area contributed by atoms with E-state index in [0.717, 1.165) is 12.0 Å². The Labute approximate surface area is 172 Å². The number of anilines is 1. The third-order valence-corrected chi connectivity index (χ3v) is 5.43. The van der Waals surface area contributed by atoms with Crippen molar-refractivity contribution in [3.05, 3.63) is 59.7 Å². The molecule has 2 aromatic carbocycles. The van der Waals surface area contributed by atoms with Gasteiger partial charge in [-0.1, -0.05) is 62.1 Å². The van der Waals surface area contributed by atoms with Gasteiger partial charge in [0, 0.05) is 12.0 Å². The van der Waals surface area contributed by atoms with Crippen LogP contribution in [0, 0.1) is 12.8 Å². The summed E-state index contributed by atoms with van der Waals surface area (Å²) < 4.78 is 11.0. The van der Waals surface area contributed by atoms with Gasteiger partial charge >= 0.3 is 5.97 Å². The molecule has 1 fully saturated rings. The van der Waals surface area contributed by atoms with Crippen LogP contribution in [0.4, 0.5) is 5.69 Å². The third kappa shape index (κ3) is 5.83. The zero-order valence-corrected chi connectivity index (χ0v) is 17.1. The Bertz CT molecular complexity index is 828. The van der Waals surface area contributed by atoms with Crippen molar-refractivity contribution in [3.8, 4) is 5.75 Å². The summed E-state index contributed by atoms with van der Waals surface area (Å²) in [5.41, 5.74) is 2.19. The van der Waals surface area contributed by atoms with E-state index in [1.807, 2.05) is 37.3 Å². The number of aryl methyl sites for hydroxylation is 1. The minimum atomic E-state index is -1.00. The number of hydrogen-bond acceptors (Lipinski definition) is 4. The summed E-state index contributed by atoms with van der Waals surface area (Å²) in [4.78, 5) is 25.5. The van der Waals surface area contributed by atoms with Gasteiger partial charge in [0.05, 0.1) is 12.8 Å². The molecule has 1 aliphatic carbocycles. The van der Waals surface area contributed by atoms with E-state index in [2.05, 4.69) is 5.32 Å². The molecule has 5 nitrogen and oxygen atoms in total. The molecule has 1 saturated carbocycles. The SMILES string of the molecule is COc1ccc(C)cc1NC(=O)[C@@H](OC(=O)CCC1CCCC1)c1ccccc1. The van der Waals surface area contributed by atoms with Crippen LogP contribution in [-0.4, -0.2) is 19.0 Å². The lowest BCUT2D eigenvalue weighted by molar-refractivity contribution is -0.155. The van der Waals surface area contributed by atoms with Gasteiger partial charge in [0.15, 0.2) is 0 Å². The number of benzene rings is 2. The second-order valence-electron chi connectivity index (χ2n) is 7.66. The van der Waals surface area contributed by atoms with Gasteiger partial charge in [0.25, 0.3) is 5.91 Å². The van der Waals surface area contributed by atoms with Gasteiger partial charge in [-0.15, -0.1) is 0 Å². The van der Waals surface area contributed by atoms with E-state index in [-0.39, 0.29) is 5.97 Å². The monoisotopic (exact) mass is 395 g/mol. The molecule has 0 bridgehead atoms. The summed E-state index contributed by atoms with van der Waals surface area (Å²) in [7, 11) is 1.55. The molecule has 0 aliphatic heterocycles. The molecule has 0 saturated heterocycles. The van der Waals surface area contributed by atoms with Crippen molar-refractivity contribution in [1.82, 2.24) is 0 Å². The molecule has 2 aromatic rings. The molecule has 1 N–H and O–H groups in total. The molecule has 154 valence electrons. The first kappa shape index (κ1) is 20.9. The predicted molar refractivity (Wildman–Crippen MR) is 113 cm³/mol. The largest absolute Gasteiger partial charge is 0.495 e. The van der Waals surface area contributed by atoms with Gasteiger partial charge in [-0.3, -0.25) is 9.59 Å². The van der Waals surface area contributed by atoms with Crippen molar-refractivity contribution in [2.45, 2.75) is 51.6 Å². The highest BCUT2D eigenvalue weighted by Gasteiger charge is 2.26. The maximum atomic E-state index is 13.0. The van der Waals surface area contributed by atoms with Crippen LogP contribution >= 0.6 is 0 Å². The van der Waals surface area contributed by atoms with E-state index in [0.29, 0.717) is 29.3 Å². The molecule has 1 aliphatic rings. The van der Waals surface area contributed by atoms with E-state index < -0.39 is 12.0 Å². The molecule has 1 atom stereocenters. The molecular formula is C24H29NO4. The molecule has 0 radical (unpaired) electrons. The van der Waals surface area contributed by atoms with Gasteiger partial charge in [0.1, 0.15) is 5.75 Å². The molecule has 0 unspecified atom stereocenters. The van der Waals surface area contributed by atoms with E-state index >= 15 is 0 Å². The number of methoxy groups -OCH3 is 1. The van der Waals surface area contributed by atoms with Crippen molar-refractivity contribution in [3.63, 3.8) is 0 Å². The van der Waals surface area contributed by atoms with Crippen molar-refractivity contribution in [1.29, 1.82) is 0 Å². The van der Waals surface area contributed by atoms with Crippen LogP contribution in [0.5, 0.6) is 5.75 Å². The number of amides is 1. The Morgan fingerprint density at radius 1 is 1.10 bits per heavy atom. The number of carbonyl (C=O) groups is 2. The van der Waals surface area contributed by atoms with Crippen molar-refractivity contribution >= 4 is 17.6 Å². The topological polar surface area (TPSA) is 64.6 Å². The van der Waals surface area contributed by atoms with Gasteiger partial charge in [0.2, 0.25) is 6.10 Å². The number of carbonyl (C=O) groups excluding carboxylic acids is 2. The Kier molecular flexibility index (Phi) is 7.28. The number of esters is 1. The fourth-order valence-corrected chi connectivity index (χ4v) is 3.83. The first-order valence-corrected chi connectivity index (χ1v) is 10.3. The summed E-state index contributed by atoms with van der Waals surface area (Å²) in [5, 5.41) is 2.86. The molecule has 3 rings (SSSR count). The molecule has 0 heterocycles. The summed E-state index contributed by atoms with van der Waals surface area (Å²) >= 11 is 0. The maximum absolute atomic E-state index is 13.0. The van der Waals surface area contributed by atoms with Gasteiger partial charge in [-0.05, 0) is 37.0 Å². The average molecular weight is 395 g/mol. The number of hydrogen-bond donors (Lipinski definition) is 1. The van der Waals surface area contributed by atoms with Gasteiger partial charge in [-0.2, -0.15) is 0 Å². The molecule has 5 heteroatoms. The fourth-order valence-electron chi connectivity index (χ4n) is 3.83. The lowest BCUT2D eigenvalue weighted by Crippen LogP contribution is -2.26. The number of nitrogens with one attached hydrogen (secondary N) is 1. The van der Waals surface area contributed by atoms with Crippen molar-refractivity contribution < 1.29 is 19.1 Å². The Morgan fingerprint density at radius 3 is 2.52 bits per heavy atom. The highest BCUT2D eigenvalue weighted by Crippen LogP contribution is 2.30. The molecule has 0 aromatic heterocycles. The summed E-state index contributed by atoms with van der Waals surface area (Å²) in [6.07, 6.45) is 5.02. The zero-order valence-electron chi connectivity index (χ0n) is 17.1. The van der Waals surface area contributed by atoms with Crippen LogP contribution in [0.25, 0.3) is 0 Å². The first-order valence-electron chi connectivity index (χ1n) is 10.3. The molecule has 29 heavy (non-hydrogen) atoms. The standard InChI is InChI=1S/C24H29NO4/c1-17-12-14-21(28-2)20(16-17)25-24(27)23(19-10-4-3-5-11-19)29-22(26)15-13-18-8-6-7-9-18/h3-5,10-12,14,16,18,23H,6-9,13,15H2,1-2H3,(H,25,27)/t23-/m0/s1. The van der Waals surface area contributed by atoms with Crippen LogP contribution in [0.3, 0.4) is 0 Å². The van der Waals surface area contributed by atoms with E-state index in [4.69, 9.17) is 9.47 Å². The number of ether oxygens (including phenoxy) is 2. The third-order valence-electron chi connectivity index (χ3n) is 5.43. The van der Waals surface area contributed by atoms with Crippen molar-refractivity contribution in [2.24, 2.45) is 5.92 Å². The fraction of sp³-hybridized carbons (Fsp3) is 0.417. The van der Waals surface area contributed by atoms with Crippen LogP contribution in [0.1, 0.15) is 55.8 Å². The quantitative estimate of drug-likeness (QED) is 0.624. The van der Waals surface area contributed by atoms with Gasteiger partial charge in [-0.25, -0.2) is 0 Å². The summed E-state index contributed by atoms with van der Waals surface area (Å²) in [6, 6.07) is 14.7. The smallest absolute Gasteiger partial charge is 0.306 e. The predicted octanol–water partition coefficient (Wildman–Crippen LogP) is 5.20. The minimum Gasteiger partial charge on any atom is -0.495 e. The second kappa shape index (κ2) is 10.1. The average Bonchev–Trinajstić information content (AvgIpc) is 3.25. The molecule has 1 amide bonds. The van der Waals surface area contributed by atoms with Gasteiger partial charge < -0.3 is 14.8 Å². The lowest BCUT2D eigenvalue weighted by atomic mass is 10.0. The van der Waals surface area contributed by atoms with Crippen molar-refractivity contribution in [2.75, 3.05) is 12.4 Å². The normalized spacial score (nSPS) is 15.0. The van der Waals surface area contributed by atoms with E-state index in [1.54, 1.807) is 25.3 Å². The van der Waals surface area contributed by atoms with Crippen LogP contribution in [0.2, 0.25) is 0 Å². The summed E-state index contributed by atoms with van der Waals surface area (Å²) in [5.74, 6) is 0.429. The highest BCUT2D eigenvalue weighted by molar-refractivity contribution is 5.97. The second-order valence-corrected chi connectivity index (χ2v) is 7.66.